The highest BCUT2D eigenvalue weighted by atomic mass is 79.9. The Balaban J connectivity index is 1.77. The average Bonchev–Trinajstić information content (AvgIpc) is 3.11. The van der Waals surface area contributed by atoms with E-state index < -0.39 is 0 Å². The van der Waals surface area contributed by atoms with Gasteiger partial charge in [0, 0.05) is 23.8 Å². The van der Waals surface area contributed by atoms with Crippen LogP contribution in [0, 0.1) is 0 Å². The molecule has 0 saturated carbocycles. The molecule has 0 aliphatic carbocycles. The molecule has 0 aliphatic heterocycles. The van der Waals surface area contributed by atoms with E-state index in [9.17, 15) is 4.79 Å². The third kappa shape index (κ3) is 4.82. The Morgan fingerprint density at radius 1 is 1.21 bits per heavy atom. The van der Waals surface area contributed by atoms with Crippen molar-refractivity contribution in [3.05, 3.63) is 81.1 Å². The zero-order chi connectivity index (χ0) is 20.1. The topological polar surface area (TPSA) is 53.3 Å². The SMILES string of the molecule is COc1ccc(/C=C/C(=O)c2ccnn2C)cc1COc1ccc(Cl)cc1Br. The average molecular weight is 462 g/mol. The van der Waals surface area contributed by atoms with Gasteiger partial charge in [0.05, 0.1) is 11.6 Å². The van der Waals surface area contributed by atoms with E-state index in [1.807, 2.05) is 18.2 Å². The Hall–Kier alpha value is -2.57. The number of carbonyl (C=O) groups is 1. The van der Waals surface area contributed by atoms with Gasteiger partial charge >= 0.3 is 0 Å². The van der Waals surface area contributed by atoms with E-state index in [0.717, 1.165) is 15.6 Å². The van der Waals surface area contributed by atoms with E-state index in [4.69, 9.17) is 21.1 Å². The first-order valence-electron chi connectivity index (χ1n) is 8.43. The van der Waals surface area contributed by atoms with Gasteiger partial charge in [-0.15, -0.1) is 0 Å². The van der Waals surface area contributed by atoms with Crippen LogP contribution in [0.2, 0.25) is 5.02 Å². The normalized spacial score (nSPS) is 11.0. The van der Waals surface area contributed by atoms with E-state index in [0.29, 0.717) is 28.8 Å². The van der Waals surface area contributed by atoms with Gasteiger partial charge in [-0.1, -0.05) is 23.7 Å². The van der Waals surface area contributed by atoms with Crippen molar-refractivity contribution in [1.82, 2.24) is 9.78 Å². The maximum atomic E-state index is 12.3. The molecule has 3 rings (SSSR count). The second kappa shape index (κ2) is 9.08. The monoisotopic (exact) mass is 460 g/mol. The highest BCUT2D eigenvalue weighted by molar-refractivity contribution is 9.10. The highest BCUT2D eigenvalue weighted by Gasteiger charge is 2.09. The van der Waals surface area contributed by atoms with Gasteiger partial charge in [-0.3, -0.25) is 9.48 Å². The van der Waals surface area contributed by atoms with Gasteiger partial charge in [-0.25, -0.2) is 0 Å². The molecule has 1 heterocycles. The van der Waals surface area contributed by atoms with Crippen LogP contribution in [-0.2, 0) is 13.7 Å². The molecule has 0 unspecified atom stereocenters. The van der Waals surface area contributed by atoms with Crippen molar-refractivity contribution in [3.63, 3.8) is 0 Å². The Kier molecular flexibility index (Phi) is 6.54. The van der Waals surface area contributed by atoms with Crippen LogP contribution in [0.15, 0.2) is 59.2 Å². The Labute approximate surface area is 176 Å². The van der Waals surface area contributed by atoms with Crippen LogP contribution in [0.4, 0.5) is 0 Å². The molecule has 144 valence electrons. The van der Waals surface area contributed by atoms with Crippen LogP contribution < -0.4 is 9.47 Å². The van der Waals surface area contributed by atoms with Gasteiger partial charge in [-0.05, 0) is 64.0 Å². The lowest BCUT2D eigenvalue weighted by Gasteiger charge is -2.12. The number of halogens is 2. The quantitative estimate of drug-likeness (QED) is 0.353. The van der Waals surface area contributed by atoms with E-state index in [-0.39, 0.29) is 5.78 Å². The van der Waals surface area contributed by atoms with E-state index in [2.05, 4.69) is 21.0 Å². The summed E-state index contributed by atoms with van der Waals surface area (Å²) in [6, 6.07) is 12.7. The molecule has 0 radical (unpaired) electrons. The van der Waals surface area contributed by atoms with Gasteiger partial charge in [-0.2, -0.15) is 5.10 Å². The lowest BCUT2D eigenvalue weighted by molar-refractivity contribution is 0.103. The molecule has 0 atom stereocenters. The van der Waals surface area contributed by atoms with Crippen LogP contribution in [0.3, 0.4) is 0 Å². The van der Waals surface area contributed by atoms with Crippen LogP contribution >= 0.6 is 27.5 Å². The van der Waals surface area contributed by atoms with Crippen molar-refractivity contribution in [2.24, 2.45) is 7.05 Å². The number of allylic oxidation sites excluding steroid dienone is 1. The first-order chi connectivity index (χ1) is 13.5. The predicted octanol–water partition coefficient (Wildman–Crippen LogP) is 5.32. The fourth-order valence-electron chi connectivity index (χ4n) is 2.64. The molecule has 3 aromatic rings. The number of hydrogen-bond acceptors (Lipinski definition) is 4. The van der Waals surface area contributed by atoms with E-state index >= 15 is 0 Å². The predicted molar refractivity (Wildman–Crippen MR) is 113 cm³/mol. The van der Waals surface area contributed by atoms with Crippen molar-refractivity contribution >= 4 is 39.4 Å². The smallest absolute Gasteiger partial charge is 0.203 e. The third-order valence-corrected chi connectivity index (χ3v) is 4.94. The third-order valence-electron chi connectivity index (χ3n) is 4.08. The molecule has 28 heavy (non-hydrogen) atoms. The van der Waals surface area contributed by atoms with Crippen LogP contribution in [0.5, 0.6) is 11.5 Å². The minimum Gasteiger partial charge on any atom is -0.496 e. The Morgan fingerprint density at radius 2 is 2.00 bits per heavy atom. The Morgan fingerprint density at radius 3 is 2.68 bits per heavy atom. The zero-order valence-electron chi connectivity index (χ0n) is 15.4. The van der Waals surface area contributed by atoms with E-state index in [1.165, 1.54) is 6.08 Å². The first kappa shape index (κ1) is 20.2. The van der Waals surface area contributed by atoms with Crippen molar-refractivity contribution in [1.29, 1.82) is 0 Å². The lowest BCUT2D eigenvalue weighted by atomic mass is 10.1. The number of nitrogens with zero attached hydrogens (tertiary/aromatic N) is 2. The van der Waals surface area contributed by atoms with E-state index in [1.54, 1.807) is 55.4 Å². The van der Waals surface area contributed by atoms with Crippen molar-refractivity contribution < 1.29 is 14.3 Å². The number of rotatable bonds is 7. The van der Waals surface area contributed by atoms with Crippen molar-refractivity contribution in [2.75, 3.05) is 7.11 Å². The Bertz CT molecular complexity index is 1030. The summed E-state index contributed by atoms with van der Waals surface area (Å²) in [5.74, 6) is 1.28. The summed E-state index contributed by atoms with van der Waals surface area (Å²) in [4.78, 5) is 12.3. The first-order valence-corrected chi connectivity index (χ1v) is 9.60. The summed E-state index contributed by atoms with van der Waals surface area (Å²) in [5, 5.41) is 4.64. The molecule has 0 fully saturated rings. The van der Waals surface area contributed by atoms with Gasteiger partial charge in [0.2, 0.25) is 5.78 Å². The van der Waals surface area contributed by atoms with Crippen molar-refractivity contribution in [2.45, 2.75) is 6.61 Å². The number of benzene rings is 2. The van der Waals surface area contributed by atoms with Gasteiger partial charge in [0.15, 0.2) is 0 Å². The van der Waals surface area contributed by atoms with Crippen LogP contribution in [0.25, 0.3) is 6.08 Å². The largest absolute Gasteiger partial charge is 0.496 e. The second-order valence-corrected chi connectivity index (χ2v) is 7.26. The number of aryl methyl sites for hydroxylation is 1. The molecule has 1 aromatic heterocycles. The molecule has 0 aliphatic rings. The molecular weight excluding hydrogens is 444 g/mol. The summed E-state index contributed by atoms with van der Waals surface area (Å²) in [7, 11) is 3.34. The number of ether oxygens (including phenoxy) is 2. The molecule has 5 nitrogen and oxygen atoms in total. The summed E-state index contributed by atoms with van der Waals surface area (Å²) in [5.41, 5.74) is 2.26. The summed E-state index contributed by atoms with van der Waals surface area (Å²) < 4.78 is 13.6. The van der Waals surface area contributed by atoms with Crippen molar-refractivity contribution in [3.8, 4) is 11.5 Å². The highest BCUT2D eigenvalue weighted by Crippen LogP contribution is 2.30. The van der Waals surface area contributed by atoms with Crippen LogP contribution in [0.1, 0.15) is 21.6 Å². The number of hydrogen-bond donors (Lipinski definition) is 0. The maximum Gasteiger partial charge on any atom is 0.203 e. The molecule has 0 N–H and O–H groups in total. The number of methoxy groups -OCH3 is 1. The maximum absolute atomic E-state index is 12.3. The fourth-order valence-corrected chi connectivity index (χ4v) is 3.43. The van der Waals surface area contributed by atoms with Gasteiger partial charge in [0.1, 0.15) is 23.8 Å². The minimum atomic E-state index is -0.112. The standard InChI is InChI=1S/C21H18BrClN2O3/c1-25-18(9-10-24-25)19(26)6-3-14-4-7-20(27-2)15(11-14)13-28-21-8-5-16(23)12-17(21)22/h3-12H,13H2,1-2H3/b6-3+. The summed E-state index contributed by atoms with van der Waals surface area (Å²) >= 11 is 9.40. The molecule has 0 bridgehead atoms. The second-order valence-electron chi connectivity index (χ2n) is 5.97. The molecule has 0 saturated heterocycles. The molecule has 7 heteroatoms. The lowest BCUT2D eigenvalue weighted by Crippen LogP contribution is -2.03. The summed E-state index contributed by atoms with van der Waals surface area (Å²) in [6.07, 6.45) is 4.88. The van der Waals surface area contributed by atoms with Crippen LogP contribution in [-0.4, -0.2) is 22.7 Å². The number of aromatic nitrogens is 2. The van der Waals surface area contributed by atoms with Gasteiger partial charge < -0.3 is 9.47 Å². The molecule has 0 amide bonds. The number of carbonyl (C=O) groups excluding carboxylic acids is 1. The fraction of sp³-hybridized carbons (Fsp3) is 0.143. The summed E-state index contributed by atoms with van der Waals surface area (Å²) in [6.45, 7) is 0.306. The molecular formula is C21H18BrClN2O3. The molecule has 0 spiro atoms. The molecule has 2 aromatic carbocycles. The zero-order valence-corrected chi connectivity index (χ0v) is 17.7. The van der Waals surface area contributed by atoms with Gasteiger partial charge in [0.25, 0.3) is 0 Å². The number of ketones is 1. The minimum absolute atomic E-state index is 0.112.